The normalized spacial score (nSPS) is 23.2. The average molecular weight is 342 g/mol. The number of morpholine rings is 1. The number of hydrogen-bond donors (Lipinski definition) is 0. The van der Waals surface area contributed by atoms with Crippen LogP contribution in [-0.2, 0) is 14.8 Å². The molecule has 1 aromatic heterocycles. The molecule has 0 aliphatic carbocycles. The first kappa shape index (κ1) is 16.4. The quantitative estimate of drug-likeness (QED) is 0.751. The Kier molecular flexibility index (Phi) is 4.98. The summed E-state index contributed by atoms with van der Waals surface area (Å²) < 4.78 is 36.5. The molecule has 9 heteroatoms. The predicted octanol–water partition coefficient (Wildman–Crippen LogP) is 0.116. The Hall–Kier alpha value is -1.45. The second kappa shape index (κ2) is 6.98. The van der Waals surface area contributed by atoms with Gasteiger partial charge in [0.25, 0.3) is 0 Å². The van der Waals surface area contributed by atoms with Crippen molar-refractivity contribution >= 4 is 15.8 Å². The zero-order valence-electron chi connectivity index (χ0n) is 13.2. The van der Waals surface area contributed by atoms with Crippen LogP contribution in [0, 0.1) is 0 Å². The van der Waals surface area contributed by atoms with Gasteiger partial charge in [0.2, 0.25) is 15.9 Å². The third-order valence-electron chi connectivity index (χ3n) is 4.12. The summed E-state index contributed by atoms with van der Waals surface area (Å²) in [5.41, 5.74) is 0. The van der Waals surface area contributed by atoms with Gasteiger partial charge in [-0.1, -0.05) is 0 Å². The van der Waals surface area contributed by atoms with Crippen molar-refractivity contribution in [1.82, 2.24) is 14.3 Å². The molecular formula is C14H22N4O4S. The van der Waals surface area contributed by atoms with Crippen molar-refractivity contribution < 1.29 is 17.9 Å². The first-order valence-electron chi connectivity index (χ1n) is 7.87. The molecule has 2 aliphatic rings. The van der Waals surface area contributed by atoms with Gasteiger partial charge in [0.05, 0.1) is 25.5 Å². The molecular weight excluding hydrogens is 320 g/mol. The largest absolute Gasteiger partial charge is 0.473 e. The molecule has 2 aliphatic heterocycles. The lowest BCUT2D eigenvalue weighted by Gasteiger charge is -2.27. The van der Waals surface area contributed by atoms with Crippen LogP contribution in [0.15, 0.2) is 12.4 Å². The lowest BCUT2D eigenvalue weighted by Crippen LogP contribution is -2.36. The van der Waals surface area contributed by atoms with Crippen molar-refractivity contribution in [2.45, 2.75) is 19.4 Å². The molecule has 0 radical (unpaired) electrons. The highest BCUT2D eigenvalue weighted by atomic mass is 32.2. The number of sulfonamides is 1. The van der Waals surface area contributed by atoms with Crippen LogP contribution in [0.4, 0.5) is 5.82 Å². The molecule has 3 heterocycles. The molecule has 0 aromatic carbocycles. The van der Waals surface area contributed by atoms with Gasteiger partial charge in [0.1, 0.15) is 18.2 Å². The molecule has 2 saturated heterocycles. The smallest absolute Gasteiger partial charge is 0.218 e. The highest BCUT2D eigenvalue weighted by molar-refractivity contribution is 7.89. The zero-order valence-corrected chi connectivity index (χ0v) is 14.0. The second-order valence-electron chi connectivity index (χ2n) is 5.60. The minimum atomic E-state index is -3.15. The van der Waals surface area contributed by atoms with Gasteiger partial charge >= 0.3 is 0 Å². The van der Waals surface area contributed by atoms with E-state index in [-0.39, 0.29) is 11.9 Å². The van der Waals surface area contributed by atoms with Crippen molar-refractivity contribution in [3.8, 4) is 5.88 Å². The lowest BCUT2D eigenvalue weighted by molar-refractivity contribution is 0.122. The van der Waals surface area contributed by atoms with Gasteiger partial charge in [0.15, 0.2) is 0 Å². The zero-order chi connectivity index (χ0) is 16.3. The first-order chi connectivity index (χ1) is 11.1. The molecule has 128 valence electrons. The number of hydrogen-bond acceptors (Lipinski definition) is 7. The maximum atomic E-state index is 11.9. The topological polar surface area (TPSA) is 84.9 Å². The molecule has 0 amide bonds. The fourth-order valence-electron chi connectivity index (χ4n) is 2.76. The molecule has 23 heavy (non-hydrogen) atoms. The molecule has 1 aromatic rings. The van der Waals surface area contributed by atoms with Crippen molar-refractivity contribution in [2.75, 3.05) is 50.0 Å². The van der Waals surface area contributed by atoms with Crippen LogP contribution >= 0.6 is 0 Å². The third-order valence-corrected chi connectivity index (χ3v) is 5.96. The van der Waals surface area contributed by atoms with Gasteiger partial charge < -0.3 is 14.4 Å². The van der Waals surface area contributed by atoms with E-state index in [0.717, 1.165) is 18.9 Å². The summed E-state index contributed by atoms with van der Waals surface area (Å²) in [4.78, 5) is 10.5. The summed E-state index contributed by atoms with van der Waals surface area (Å²) in [6, 6.07) is 1.81. The highest BCUT2D eigenvalue weighted by Crippen LogP contribution is 2.22. The van der Waals surface area contributed by atoms with Crippen LogP contribution in [0.1, 0.15) is 13.3 Å². The van der Waals surface area contributed by atoms with Gasteiger partial charge in [-0.15, -0.1) is 0 Å². The SMILES string of the molecule is CCS(=O)(=O)N1CCC(Oc2cc(N3CCOCC3)ncn2)C1. The summed E-state index contributed by atoms with van der Waals surface area (Å²) in [5, 5.41) is 0. The van der Waals surface area contributed by atoms with Crippen LogP contribution < -0.4 is 9.64 Å². The molecule has 1 atom stereocenters. The fraction of sp³-hybridized carbons (Fsp3) is 0.714. The fourth-order valence-corrected chi connectivity index (χ4v) is 3.90. The second-order valence-corrected chi connectivity index (χ2v) is 7.86. The Balaban J connectivity index is 1.62. The Bertz CT molecular complexity index is 633. The average Bonchev–Trinajstić information content (AvgIpc) is 3.05. The van der Waals surface area contributed by atoms with E-state index >= 15 is 0 Å². The highest BCUT2D eigenvalue weighted by Gasteiger charge is 2.31. The van der Waals surface area contributed by atoms with Crippen LogP contribution in [0.2, 0.25) is 0 Å². The van der Waals surface area contributed by atoms with Crippen molar-refractivity contribution in [2.24, 2.45) is 0 Å². The minimum absolute atomic E-state index is 0.119. The number of nitrogens with zero attached hydrogens (tertiary/aromatic N) is 4. The molecule has 2 fully saturated rings. The van der Waals surface area contributed by atoms with Crippen LogP contribution in [0.3, 0.4) is 0 Å². The molecule has 0 spiro atoms. The summed E-state index contributed by atoms with van der Waals surface area (Å²) in [6.45, 7) is 5.50. The van der Waals surface area contributed by atoms with Crippen molar-refractivity contribution in [3.05, 3.63) is 12.4 Å². The van der Waals surface area contributed by atoms with Gasteiger partial charge in [-0.05, 0) is 13.3 Å². The Morgan fingerprint density at radius 3 is 2.83 bits per heavy atom. The van der Waals surface area contributed by atoms with E-state index in [4.69, 9.17) is 9.47 Å². The Labute approximate surface area is 136 Å². The molecule has 0 N–H and O–H groups in total. The number of rotatable bonds is 5. The Morgan fingerprint density at radius 2 is 2.09 bits per heavy atom. The lowest BCUT2D eigenvalue weighted by atomic mass is 10.3. The van der Waals surface area contributed by atoms with Crippen LogP contribution in [-0.4, -0.2) is 73.9 Å². The van der Waals surface area contributed by atoms with E-state index in [1.54, 1.807) is 6.92 Å². The number of ether oxygens (including phenoxy) is 2. The van der Waals surface area contributed by atoms with E-state index in [1.807, 2.05) is 6.07 Å². The first-order valence-corrected chi connectivity index (χ1v) is 9.48. The van der Waals surface area contributed by atoms with E-state index in [2.05, 4.69) is 14.9 Å². The van der Waals surface area contributed by atoms with Crippen LogP contribution in [0.5, 0.6) is 5.88 Å². The van der Waals surface area contributed by atoms with Crippen molar-refractivity contribution in [3.63, 3.8) is 0 Å². The van der Waals surface area contributed by atoms with E-state index in [0.29, 0.717) is 38.6 Å². The molecule has 8 nitrogen and oxygen atoms in total. The maximum Gasteiger partial charge on any atom is 0.218 e. The predicted molar refractivity (Wildman–Crippen MR) is 85.1 cm³/mol. The molecule has 1 unspecified atom stereocenters. The summed E-state index contributed by atoms with van der Waals surface area (Å²) in [6.07, 6.45) is 2.00. The molecule has 3 rings (SSSR count). The van der Waals surface area contributed by atoms with Crippen molar-refractivity contribution in [1.29, 1.82) is 0 Å². The van der Waals surface area contributed by atoms with Gasteiger partial charge in [-0.25, -0.2) is 18.4 Å². The monoisotopic (exact) mass is 342 g/mol. The number of aromatic nitrogens is 2. The summed E-state index contributed by atoms with van der Waals surface area (Å²) in [5.74, 6) is 1.42. The minimum Gasteiger partial charge on any atom is -0.473 e. The Morgan fingerprint density at radius 1 is 1.30 bits per heavy atom. The van der Waals surface area contributed by atoms with Gasteiger partial charge in [-0.3, -0.25) is 0 Å². The van der Waals surface area contributed by atoms with Gasteiger partial charge in [-0.2, -0.15) is 4.31 Å². The molecule has 0 bridgehead atoms. The van der Waals surface area contributed by atoms with Crippen LogP contribution in [0.25, 0.3) is 0 Å². The number of anilines is 1. The summed E-state index contributed by atoms with van der Waals surface area (Å²) >= 11 is 0. The van der Waals surface area contributed by atoms with Gasteiger partial charge in [0, 0.05) is 25.7 Å². The van der Waals surface area contributed by atoms with E-state index in [9.17, 15) is 8.42 Å². The standard InChI is InChI=1S/C14H22N4O4S/c1-2-23(19,20)18-4-3-12(10-18)22-14-9-13(15-11-16-14)17-5-7-21-8-6-17/h9,11-12H,2-8,10H2,1H3. The molecule has 0 saturated carbocycles. The third kappa shape index (κ3) is 3.91. The maximum absolute atomic E-state index is 11.9. The van der Waals surface area contributed by atoms with E-state index < -0.39 is 10.0 Å². The summed E-state index contributed by atoms with van der Waals surface area (Å²) in [7, 11) is -3.15. The van der Waals surface area contributed by atoms with E-state index in [1.165, 1.54) is 10.6 Å².